The fourth-order valence-corrected chi connectivity index (χ4v) is 4.06. The molecule has 1 aromatic heterocycles. The molecule has 1 aliphatic heterocycles. The Kier molecular flexibility index (Phi) is 4.38. The van der Waals surface area contributed by atoms with Gasteiger partial charge in [0.2, 0.25) is 5.95 Å². The first-order valence-electron chi connectivity index (χ1n) is 8.55. The number of hydrogen-bond acceptors (Lipinski definition) is 3. The number of hydrogen-bond donors (Lipinski definition) is 1. The first-order chi connectivity index (χ1) is 10.1. The average Bonchev–Trinajstić information content (AvgIpc) is 2.91. The van der Waals surface area contributed by atoms with Crippen LogP contribution in [0.1, 0.15) is 71.3 Å². The molecule has 2 fully saturated rings. The molecule has 2 heterocycles. The van der Waals surface area contributed by atoms with E-state index in [0.717, 1.165) is 23.8 Å². The maximum Gasteiger partial charge on any atom is 0.225 e. The van der Waals surface area contributed by atoms with E-state index in [-0.39, 0.29) is 0 Å². The predicted molar refractivity (Wildman–Crippen MR) is 89.4 cm³/mol. The number of H-pyrrole nitrogens is 1. The molecule has 0 unspecified atom stereocenters. The number of piperidine rings is 1. The van der Waals surface area contributed by atoms with Crippen LogP contribution in [-0.2, 0) is 0 Å². The maximum atomic E-state index is 5.51. The van der Waals surface area contributed by atoms with Crippen molar-refractivity contribution in [3.05, 3.63) is 4.77 Å². The van der Waals surface area contributed by atoms with Crippen molar-refractivity contribution in [2.24, 2.45) is 5.41 Å². The lowest BCUT2D eigenvalue weighted by atomic mass is 9.78. The molecule has 1 aliphatic carbocycles. The van der Waals surface area contributed by atoms with E-state index in [2.05, 4.69) is 33.5 Å². The second-order valence-corrected chi connectivity index (χ2v) is 7.53. The largest absolute Gasteiger partial charge is 0.341 e. The van der Waals surface area contributed by atoms with Crippen molar-refractivity contribution in [2.75, 3.05) is 18.0 Å². The zero-order chi connectivity index (χ0) is 14.9. The van der Waals surface area contributed by atoms with E-state index in [1.807, 2.05) is 0 Å². The fourth-order valence-electron chi connectivity index (χ4n) is 3.79. The molecule has 0 aromatic carbocycles. The summed E-state index contributed by atoms with van der Waals surface area (Å²) in [6.45, 7) is 6.95. The van der Waals surface area contributed by atoms with Crippen LogP contribution in [0.5, 0.6) is 0 Å². The summed E-state index contributed by atoms with van der Waals surface area (Å²) in [4.78, 5) is 2.44. The van der Waals surface area contributed by atoms with Gasteiger partial charge in [-0.25, -0.2) is 5.10 Å². The lowest BCUT2D eigenvalue weighted by Gasteiger charge is -2.39. The van der Waals surface area contributed by atoms with Crippen molar-refractivity contribution >= 4 is 18.2 Å². The molecule has 0 bridgehead atoms. The summed E-state index contributed by atoms with van der Waals surface area (Å²) < 4.78 is 3.11. The topological polar surface area (TPSA) is 36.9 Å². The normalized spacial score (nSPS) is 23.4. The first-order valence-corrected chi connectivity index (χ1v) is 8.96. The van der Waals surface area contributed by atoms with Crippen molar-refractivity contribution < 1.29 is 0 Å². The highest BCUT2D eigenvalue weighted by Crippen LogP contribution is 2.37. The van der Waals surface area contributed by atoms with E-state index in [4.69, 9.17) is 12.2 Å². The fraction of sp³-hybridized carbons (Fsp3) is 0.875. The standard InChI is InChI=1S/C16H28N4S/c1-3-16(2)9-11-19(12-10-16)14-17-18-15(21)20(14)13-7-5-4-6-8-13/h13H,3-12H2,1-2H3,(H,18,21). The van der Waals surface area contributed by atoms with Gasteiger partial charge >= 0.3 is 0 Å². The van der Waals surface area contributed by atoms with E-state index in [9.17, 15) is 0 Å². The maximum absolute atomic E-state index is 5.51. The molecule has 0 spiro atoms. The first kappa shape index (κ1) is 15.1. The van der Waals surface area contributed by atoms with E-state index >= 15 is 0 Å². The van der Waals surface area contributed by atoms with Crippen molar-refractivity contribution in [3.63, 3.8) is 0 Å². The van der Waals surface area contributed by atoms with E-state index < -0.39 is 0 Å². The van der Waals surface area contributed by atoms with Crippen LogP contribution in [0.2, 0.25) is 0 Å². The lowest BCUT2D eigenvalue weighted by Crippen LogP contribution is -2.40. The van der Waals surface area contributed by atoms with Crippen LogP contribution in [0, 0.1) is 10.2 Å². The number of aromatic nitrogens is 3. The summed E-state index contributed by atoms with van der Waals surface area (Å²) in [5, 5.41) is 7.60. The molecule has 4 nitrogen and oxygen atoms in total. The minimum absolute atomic E-state index is 0.513. The minimum atomic E-state index is 0.513. The third-order valence-corrected chi connectivity index (χ3v) is 6.02. The number of anilines is 1. The van der Waals surface area contributed by atoms with Gasteiger partial charge in [-0.2, -0.15) is 0 Å². The van der Waals surface area contributed by atoms with E-state index in [0.29, 0.717) is 11.5 Å². The summed E-state index contributed by atoms with van der Waals surface area (Å²) in [6.07, 6.45) is 10.3. The predicted octanol–water partition coefficient (Wildman–Crippen LogP) is 4.46. The van der Waals surface area contributed by atoms with Crippen LogP contribution >= 0.6 is 12.2 Å². The number of nitrogens with one attached hydrogen (secondary N) is 1. The molecular formula is C16H28N4S. The third-order valence-electron chi connectivity index (χ3n) is 5.73. The Hall–Kier alpha value is -0.840. The number of rotatable bonds is 3. The monoisotopic (exact) mass is 308 g/mol. The van der Waals surface area contributed by atoms with Crippen molar-refractivity contribution in [3.8, 4) is 0 Å². The summed E-state index contributed by atoms with van der Waals surface area (Å²) in [7, 11) is 0. The van der Waals surface area contributed by atoms with Gasteiger partial charge < -0.3 is 4.90 Å². The highest BCUT2D eigenvalue weighted by molar-refractivity contribution is 7.71. The van der Waals surface area contributed by atoms with Gasteiger partial charge in [0.15, 0.2) is 4.77 Å². The van der Waals surface area contributed by atoms with Gasteiger partial charge in [0.25, 0.3) is 0 Å². The average molecular weight is 308 g/mol. The van der Waals surface area contributed by atoms with Crippen LogP contribution in [0.15, 0.2) is 0 Å². The lowest BCUT2D eigenvalue weighted by molar-refractivity contribution is 0.235. The van der Waals surface area contributed by atoms with Crippen LogP contribution in [-0.4, -0.2) is 27.9 Å². The molecule has 1 aromatic rings. The van der Waals surface area contributed by atoms with Crippen LogP contribution in [0.25, 0.3) is 0 Å². The third kappa shape index (κ3) is 3.03. The second-order valence-electron chi connectivity index (χ2n) is 7.14. The Morgan fingerprint density at radius 1 is 1.24 bits per heavy atom. The number of aromatic amines is 1. The number of nitrogens with zero attached hydrogens (tertiary/aromatic N) is 3. The quantitative estimate of drug-likeness (QED) is 0.837. The van der Waals surface area contributed by atoms with E-state index in [1.165, 1.54) is 51.4 Å². The molecule has 0 atom stereocenters. The Balaban J connectivity index is 1.79. The molecule has 2 aliphatic rings. The highest BCUT2D eigenvalue weighted by atomic mass is 32.1. The van der Waals surface area contributed by atoms with Gasteiger partial charge in [-0.1, -0.05) is 39.5 Å². The minimum Gasteiger partial charge on any atom is -0.341 e. The second kappa shape index (κ2) is 6.11. The Morgan fingerprint density at radius 3 is 2.52 bits per heavy atom. The summed E-state index contributed by atoms with van der Waals surface area (Å²) in [5.74, 6) is 1.09. The summed E-state index contributed by atoms with van der Waals surface area (Å²) >= 11 is 5.51. The molecule has 0 amide bonds. The van der Waals surface area contributed by atoms with Crippen molar-refractivity contribution in [2.45, 2.75) is 71.3 Å². The molecule has 3 rings (SSSR count). The van der Waals surface area contributed by atoms with Gasteiger partial charge in [0.1, 0.15) is 0 Å². The smallest absolute Gasteiger partial charge is 0.225 e. The summed E-state index contributed by atoms with van der Waals surface area (Å²) in [5.41, 5.74) is 0.513. The molecule has 0 radical (unpaired) electrons. The van der Waals surface area contributed by atoms with Gasteiger partial charge in [0, 0.05) is 19.1 Å². The molecule has 21 heavy (non-hydrogen) atoms. The van der Waals surface area contributed by atoms with Crippen LogP contribution in [0.3, 0.4) is 0 Å². The van der Waals surface area contributed by atoms with Gasteiger partial charge in [-0.3, -0.25) is 4.57 Å². The van der Waals surface area contributed by atoms with Gasteiger partial charge in [-0.05, 0) is 43.3 Å². The zero-order valence-electron chi connectivity index (χ0n) is 13.4. The highest BCUT2D eigenvalue weighted by Gasteiger charge is 2.31. The molecule has 5 heteroatoms. The Morgan fingerprint density at radius 2 is 1.90 bits per heavy atom. The molecule has 118 valence electrons. The molecule has 1 saturated carbocycles. The van der Waals surface area contributed by atoms with Crippen LogP contribution < -0.4 is 4.90 Å². The van der Waals surface area contributed by atoms with Gasteiger partial charge in [0.05, 0.1) is 0 Å². The van der Waals surface area contributed by atoms with Crippen LogP contribution in [0.4, 0.5) is 5.95 Å². The van der Waals surface area contributed by atoms with E-state index in [1.54, 1.807) is 0 Å². The molecule has 1 saturated heterocycles. The Bertz CT molecular complexity index is 519. The SMILES string of the molecule is CCC1(C)CCN(c2n[nH]c(=S)n2C2CCCCC2)CC1. The zero-order valence-corrected chi connectivity index (χ0v) is 14.2. The van der Waals surface area contributed by atoms with Gasteiger partial charge in [-0.15, -0.1) is 5.10 Å². The Labute approximate surface area is 132 Å². The molecular weight excluding hydrogens is 280 g/mol. The van der Waals surface area contributed by atoms with Crippen molar-refractivity contribution in [1.29, 1.82) is 0 Å². The molecule has 1 N–H and O–H groups in total. The summed E-state index contributed by atoms with van der Waals surface area (Å²) in [6, 6.07) is 0.555. The van der Waals surface area contributed by atoms with Crippen molar-refractivity contribution in [1.82, 2.24) is 14.8 Å².